The molecule has 1 aliphatic rings. The summed E-state index contributed by atoms with van der Waals surface area (Å²) in [6, 6.07) is 50.1. The highest BCUT2D eigenvalue weighted by atomic mass is 16.3. The predicted molar refractivity (Wildman–Crippen MR) is 176 cm³/mol. The van der Waals surface area contributed by atoms with Crippen LogP contribution in [0.2, 0.25) is 0 Å². The molecule has 1 aliphatic heterocycles. The Balaban J connectivity index is 1.19. The molecule has 204 valence electrons. The Hall–Kier alpha value is -5.74. The van der Waals surface area contributed by atoms with Crippen molar-refractivity contribution in [3.63, 3.8) is 0 Å². The third kappa shape index (κ3) is 4.79. The lowest BCUT2D eigenvalue weighted by Gasteiger charge is -2.25. The number of allylic oxidation sites excluding steroid dienone is 1. The van der Waals surface area contributed by atoms with Gasteiger partial charge in [-0.2, -0.15) is 0 Å². The second kappa shape index (κ2) is 10.6. The van der Waals surface area contributed by atoms with Crippen molar-refractivity contribution in [2.45, 2.75) is 6.17 Å². The van der Waals surface area contributed by atoms with Crippen LogP contribution in [0.15, 0.2) is 161 Å². The number of hydrogen-bond donors (Lipinski definition) is 1. The van der Waals surface area contributed by atoms with E-state index >= 15 is 0 Å². The van der Waals surface area contributed by atoms with Gasteiger partial charge in [0, 0.05) is 16.6 Å². The minimum Gasteiger partial charge on any atom is -0.436 e. The Morgan fingerprint density at radius 3 is 1.98 bits per heavy atom. The molecule has 0 aliphatic carbocycles. The molecule has 4 heteroatoms. The minimum absolute atomic E-state index is 0.230. The van der Waals surface area contributed by atoms with E-state index in [0.717, 1.165) is 66.7 Å². The standard InChI is InChI=1S/C39H27N3O/c1-4-11-27(12-5-1)34-25-35(28-13-6-2-7-14-28)41-38(40-34)32-18-10-17-30(23-32)31-20-19-26-21-22-36-37(33(26)24-31)42-39(43-36)29-15-8-3-9-16-29/h1-25,38,40H. The maximum absolute atomic E-state index is 6.16. The third-order valence-electron chi connectivity index (χ3n) is 7.93. The summed E-state index contributed by atoms with van der Waals surface area (Å²) in [7, 11) is 0. The lowest BCUT2D eigenvalue weighted by atomic mass is 9.97. The molecule has 1 unspecified atom stereocenters. The highest BCUT2D eigenvalue weighted by molar-refractivity contribution is 6.13. The molecule has 1 aromatic heterocycles. The van der Waals surface area contributed by atoms with Gasteiger partial charge in [-0.15, -0.1) is 0 Å². The second-order valence-corrected chi connectivity index (χ2v) is 10.7. The number of nitrogens with zero attached hydrogens (tertiary/aromatic N) is 2. The number of fused-ring (bicyclic) bond motifs is 3. The molecule has 6 aromatic carbocycles. The quantitative estimate of drug-likeness (QED) is 0.231. The van der Waals surface area contributed by atoms with Crippen LogP contribution >= 0.6 is 0 Å². The van der Waals surface area contributed by atoms with Crippen molar-refractivity contribution in [1.82, 2.24) is 10.3 Å². The van der Waals surface area contributed by atoms with E-state index < -0.39 is 0 Å². The monoisotopic (exact) mass is 553 g/mol. The van der Waals surface area contributed by atoms with Crippen LogP contribution in [0.25, 0.3) is 50.2 Å². The lowest BCUT2D eigenvalue weighted by Crippen LogP contribution is -2.24. The average Bonchev–Trinajstić information content (AvgIpc) is 3.54. The first-order valence-corrected chi connectivity index (χ1v) is 14.4. The van der Waals surface area contributed by atoms with Gasteiger partial charge in [0.15, 0.2) is 5.58 Å². The summed E-state index contributed by atoms with van der Waals surface area (Å²) in [6.45, 7) is 0. The summed E-state index contributed by atoms with van der Waals surface area (Å²) in [4.78, 5) is 10.1. The molecule has 43 heavy (non-hydrogen) atoms. The number of hydrogen-bond acceptors (Lipinski definition) is 4. The highest BCUT2D eigenvalue weighted by Crippen LogP contribution is 2.34. The summed E-state index contributed by atoms with van der Waals surface area (Å²) < 4.78 is 6.16. The van der Waals surface area contributed by atoms with Crippen molar-refractivity contribution in [2.75, 3.05) is 0 Å². The fraction of sp³-hybridized carbons (Fsp3) is 0.0256. The molecule has 1 N–H and O–H groups in total. The van der Waals surface area contributed by atoms with E-state index in [-0.39, 0.29) is 6.17 Å². The summed E-state index contributed by atoms with van der Waals surface area (Å²) in [5, 5.41) is 5.89. The molecule has 1 atom stereocenters. The largest absolute Gasteiger partial charge is 0.436 e. The van der Waals surface area contributed by atoms with Crippen LogP contribution in [0.4, 0.5) is 0 Å². The Kier molecular flexibility index (Phi) is 6.16. The van der Waals surface area contributed by atoms with Crippen LogP contribution < -0.4 is 5.32 Å². The zero-order valence-corrected chi connectivity index (χ0v) is 23.3. The van der Waals surface area contributed by atoms with Gasteiger partial charge in [0.2, 0.25) is 5.89 Å². The number of rotatable bonds is 5. The van der Waals surface area contributed by atoms with E-state index in [4.69, 9.17) is 14.4 Å². The van der Waals surface area contributed by atoms with E-state index in [1.54, 1.807) is 0 Å². The summed E-state index contributed by atoms with van der Waals surface area (Å²) in [5.41, 5.74) is 10.2. The summed E-state index contributed by atoms with van der Waals surface area (Å²) in [6.07, 6.45) is 1.91. The van der Waals surface area contributed by atoms with E-state index in [1.165, 1.54) is 0 Å². The van der Waals surface area contributed by atoms with Crippen LogP contribution in [-0.2, 0) is 0 Å². The number of aromatic nitrogens is 1. The molecule has 0 amide bonds. The van der Waals surface area contributed by atoms with Gasteiger partial charge in [0.25, 0.3) is 0 Å². The van der Waals surface area contributed by atoms with Gasteiger partial charge in [-0.3, -0.25) is 4.99 Å². The molecule has 0 saturated heterocycles. The van der Waals surface area contributed by atoms with Gasteiger partial charge >= 0.3 is 0 Å². The van der Waals surface area contributed by atoms with E-state index in [9.17, 15) is 0 Å². The molecule has 7 aromatic rings. The van der Waals surface area contributed by atoms with Crippen LogP contribution in [0, 0.1) is 0 Å². The van der Waals surface area contributed by atoms with Gasteiger partial charge in [0.1, 0.15) is 11.7 Å². The molecule has 0 radical (unpaired) electrons. The molecule has 8 rings (SSSR count). The first kappa shape index (κ1) is 25.0. The Morgan fingerprint density at radius 1 is 0.558 bits per heavy atom. The Morgan fingerprint density at radius 2 is 1.21 bits per heavy atom. The maximum Gasteiger partial charge on any atom is 0.227 e. The van der Waals surface area contributed by atoms with Gasteiger partial charge in [-0.25, -0.2) is 4.98 Å². The van der Waals surface area contributed by atoms with Crippen LogP contribution in [-0.4, -0.2) is 10.7 Å². The second-order valence-electron chi connectivity index (χ2n) is 10.7. The zero-order valence-electron chi connectivity index (χ0n) is 23.3. The molecule has 4 nitrogen and oxygen atoms in total. The molecule has 0 saturated carbocycles. The number of nitrogens with one attached hydrogen (secondary N) is 1. The fourth-order valence-corrected chi connectivity index (χ4v) is 5.73. The topological polar surface area (TPSA) is 50.4 Å². The SMILES string of the molecule is C1=C(c2ccccc2)NC(c2cccc(-c3ccc4ccc5oc(-c6ccccc6)nc5c4c3)c2)N=C1c1ccccc1. The van der Waals surface area contributed by atoms with Gasteiger partial charge < -0.3 is 9.73 Å². The minimum atomic E-state index is -0.230. The van der Waals surface area contributed by atoms with Gasteiger partial charge in [-0.1, -0.05) is 115 Å². The molecule has 0 fully saturated rings. The molecule has 0 spiro atoms. The van der Waals surface area contributed by atoms with E-state index in [2.05, 4.69) is 108 Å². The van der Waals surface area contributed by atoms with Crippen molar-refractivity contribution in [1.29, 1.82) is 0 Å². The molecule has 2 heterocycles. The zero-order chi connectivity index (χ0) is 28.6. The van der Waals surface area contributed by atoms with Gasteiger partial charge in [0.05, 0.1) is 5.71 Å². The lowest BCUT2D eigenvalue weighted by molar-refractivity contribution is 0.620. The van der Waals surface area contributed by atoms with Crippen molar-refractivity contribution in [2.24, 2.45) is 4.99 Å². The first-order valence-electron chi connectivity index (χ1n) is 14.4. The normalized spacial score (nSPS) is 14.7. The molecular formula is C39H27N3O. The van der Waals surface area contributed by atoms with Gasteiger partial charge in [-0.05, 0) is 69.6 Å². The van der Waals surface area contributed by atoms with Crippen molar-refractivity contribution >= 4 is 33.3 Å². The van der Waals surface area contributed by atoms with Crippen LogP contribution in [0.3, 0.4) is 0 Å². The van der Waals surface area contributed by atoms with Crippen molar-refractivity contribution < 1.29 is 4.42 Å². The first-order chi connectivity index (χ1) is 21.3. The average molecular weight is 554 g/mol. The summed E-state index contributed by atoms with van der Waals surface area (Å²) >= 11 is 0. The fourth-order valence-electron chi connectivity index (χ4n) is 5.73. The van der Waals surface area contributed by atoms with E-state index in [1.807, 2.05) is 48.5 Å². The summed E-state index contributed by atoms with van der Waals surface area (Å²) in [5.74, 6) is 0.633. The maximum atomic E-state index is 6.16. The van der Waals surface area contributed by atoms with Crippen molar-refractivity contribution in [3.05, 3.63) is 168 Å². The molecule has 0 bridgehead atoms. The van der Waals surface area contributed by atoms with E-state index in [0.29, 0.717) is 5.89 Å². The Labute approximate surface area is 249 Å². The number of oxazole rings is 1. The smallest absolute Gasteiger partial charge is 0.227 e. The number of benzene rings is 6. The predicted octanol–water partition coefficient (Wildman–Crippen LogP) is 9.45. The third-order valence-corrected chi connectivity index (χ3v) is 7.93. The number of aliphatic imine (C=N–C) groups is 1. The highest BCUT2D eigenvalue weighted by Gasteiger charge is 2.20. The van der Waals surface area contributed by atoms with Crippen LogP contribution in [0.5, 0.6) is 0 Å². The Bertz CT molecular complexity index is 2150. The van der Waals surface area contributed by atoms with Crippen LogP contribution in [0.1, 0.15) is 22.9 Å². The molecular weight excluding hydrogens is 526 g/mol. The van der Waals surface area contributed by atoms with Crippen molar-refractivity contribution in [3.8, 4) is 22.6 Å².